The maximum atomic E-state index is 7.84. The molecule has 0 radical (unpaired) electrons. The third-order valence-corrected chi connectivity index (χ3v) is 13.9. The van der Waals surface area contributed by atoms with Crippen molar-refractivity contribution < 1.29 is 4.74 Å². The molecule has 52 heavy (non-hydrogen) atoms. The molecule has 0 saturated heterocycles. The maximum absolute atomic E-state index is 7.84. The van der Waals surface area contributed by atoms with Gasteiger partial charge in [-0.25, -0.2) is 0 Å². The van der Waals surface area contributed by atoms with E-state index < -0.39 is 0 Å². The monoisotopic (exact) mass is 662 g/mol. The van der Waals surface area contributed by atoms with Gasteiger partial charge in [0.15, 0.2) is 0 Å². The normalized spacial score (nSPS) is 16.5. The number of hydrogen-bond donors (Lipinski definition) is 0. The largest absolute Gasteiger partial charge is 0.454 e. The third kappa shape index (κ3) is 2.57. The van der Waals surface area contributed by atoms with Gasteiger partial charge in [-0.15, -0.1) is 0 Å². The summed E-state index contributed by atoms with van der Waals surface area (Å²) in [5.41, 5.74) is 16.9. The number of ether oxygens (including phenoxy) is 1. The van der Waals surface area contributed by atoms with Crippen LogP contribution in [0.2, 0.25) is 0 Å². The number of fused-ring (bicyclic) bond motifs is 14. The van der Waals surface area contributed by atoms with Gasteiger partial charge in [-0.2, -0.15) is 0 Å². The van der Waals surface area contributed by atoms with E-state index >= 15 is 0 Å². The molecule has 242 valence electrons. The molecule has 0 aliphatic carbocycles. The first kappa shape index (κ1) is 26.8. The molecule has 0 saturated carbocycles. The molecule has 0 unspecified atom stereocenters. The standard InChI is InChI=1S/C48H31BN2O/c1-47(2)32-18-11-19-33-38(32)49-39-34(47)22-30-28-16-9-14-26-24-12-5-7-20-36(24)50(41(26)28)43(30)45(39)52-46-40(49)35(48(33,3)4)23-31-29-17-10-15-27-25-13-6-8-21-37(25)51(42(27)29)44(31)46/h5-23H,1-4H3. The number of hydrogen-bond acceptors (Lipinski definition) is 1. The van der Waals surface area contributed by atoms with Crippen LogP contribution in [-0.2, 0) is 10.8 Å². The highest BCUT2D eigenvalue weighted by molar-refractivity contribution is 6.99. The Balaban J connectivity index is 1.27. The van der Waals surface area contributed by atoms with Crippen LogP contribution in [0, 0.1) is 0 Å². The van der Waals surface area contributed by atoms with Crippen molar-refractivity contribution in [1.29, 1.82) is 0 Å². The molecule has 0 atom stereocenters. The van der Waals surface area contributed by atoms with Crippen molar-refractivity contribution in [3.8, 4) is 11.5 Å². The lowest BCUT2D eigenvalue weighted by molar-refractivity contribution is 0.489. The molecule has 0 bridgehead atoms. The highest BCUT2D eigenvalue weighted by Crippen LogP contribution is 2.53. The average Bonchev–Trinajstić information content (AvgIpc) is 3.89. The van der Waals surface area contributed by atoms with E-state index in [0.29, 0.717) is 0 Å². The molecule has 0 N–H and O–H groups in total. The van der Waals surface area contributed by atoms with Crippen LogP contribution in [0.25, 0.3) is 76.2 Å². The molecule has 0 fully saturated rings. The van der Waals surface area contributed by atoms with E-state index in [4.69, 9.17) is 4.74 Å². The van der Waals surface area contributed by atoms with Gasteiger partial charge in [-0.3, -0.25) is 0 Å². The van der Waals surface area contributed by atoms with Gasteiger partial charge in [0, 0.05) is 53.9 Å². The molecular formula is C48H31BN2O. The van der Waals surface area contributed by atoms with Gasteiger partial charge in [0.1, 0.15) is 11.5 Å². The Hall–Kier alpha value is -6.00. The Labute approximate surface area is 299 Å². The number of aromatic nitrogens is 2. The topological polar surface area (TPSA) is 18.1 Å². The van der Waals surface area contributed by atoms with E-state index in [1.54, 1.807) is 0 Å². The zero-order valence-corrected chi connectivity index (χ0v) is 29.3. The molecule has 3 aliphatic rings. The summed E-state index contributed by atoms with van der Waals surface area (Å²) in [6.45, 7) is 9.82. The van der Waals surface area contributed by atoms with Gasteiger partial charge >= 0.3 is 0 Å². The summed E-state index contributed by atoms with van der Waals surface area (Å²) in [5, 5.41) is 10.3. The van der Waals surface area contributed by atoms with Crippen molar-refractivity contribution in [3.63, 3.8) is 0 Å². The molecule has 11 aromatic rings. The maximum Gasteiger partial charge on any atom is 0.252 e. The van der Waals surface area contributed by atoms with Crippen molar-refractivity contribution in [2.24, 2.45) is 0 Å². The summed E-state index contributed by atoms with van der Waals surface area (Å²) < 4.78 is 12.9. The Morgan fingerprint density at radius 2 is 0.808 bits per heavy atom. The lowest BCUT2D eigenvalue weighted by Crippen LogP contribution is -2.68. The lowest BCUT2D eigenvalue weighted by Gasteiger charge is -2.49. The Morgan fingerprint density at radius 1 is 0.404 bits per heavy atom. The minimum Gasteiger partial charge on any atom is -0.454 e. The van der Waals surface area contributed by atoms with Crippen LogP contribution >= 0.6 is 0 Å². The van der Waals surface area contributed by atoms with Crippen molar-refractivity contribution in [1.82, 2.24) is 8.80 Å². The van der Waals surface area contributed by atoms with Crippen molar-refractivity contribution in [2.75, 3.05) is 0 Å². The zero-order chi connectivity index (χ0) is 34.2. The molecule has 3 nitrogen and oxygen atoms in total. The van der Waals surface area contributed by atoms with Crippen molar-refractivity contribution in [2.45, 2.75) is 38.5 Å². The van der Waals surface area contributed by atoms with Crippen molar-refractivity contribution in [3.05, 3.63) is 138 Å². The summed E-state index contributed by atoms with van der Waals surface area (Å²) in [4.78, 5) is 0. The first-order valence-electron chi connectivity index (χ1n) is 18.7. The summed E-state index contributed by atoms with van der Waals surface area (Å²) in [6.07, 6.45) is 0. The molecule has 7 heterocycles. The summed E-state index contributed by atoms with van der Waals surface area (Å²) in [6, 6.07) is 43.7. The van der Waals surface area contributed by atoms with Crippen LogP contribution in [0.4, 0.5) is 0 Å². The van der Waals surface area contributed by atoms with Gasteiger partial charge in [0.05, 0.1) is 33.1 Å². The molecule has 4 aromatic heterocycles. The van der Waals surface area contributed by atoms with Gasteiger partial charge in [-0.1, -0.05) is 124 Å². The van der Waals surface area contributed by atoms with E-state index in [1.165, 1.54) is 115 Å². The first-order valence-corrected chi connectivity index (χ1v) is 18.7. The van der Waals surface area contributed by atoms with Crippen LogP contribution in [0.15, 0.2) is 115 Å². The van der Waals surface area contributed by atoms with E-state index in [0.717, 1.165) is 11.5 Å². The average molecular weight is 663 g/mol. The molecule has 4 heteroatoms. The highest BCUT2D eigenvalue weighted by Gasteiger charge is 2.53. The second kappa shape index (κ2) is 8.06. The van der Waals surface area contributed by atoms with E-state index in [9.17, 15) is 0 Å². The van der Waals surface area contributed by atoms with E-state index in [1.807, 2.05) is 0 Å². The molecule has 0 spiro atoms. The summed E-state index contributed by atoms with van der Waals surface area (Å²) in [5.74, 6) is 2.06. The van der Waals surface area contributed by atoms with E-state index in [2.05, 4.69) is 152 Å². The fraction of sp³-hybridized carbons (Fsp3) is 0.125. The quantitative estimate of drug-likeness (QED) is 0.148. The second-order valence-corrected chi connectivity index (χ2v) is 16.8. The number of para-hydroxylation sites is 4. The van der Waals surface area contributed by atoms with Crippen LogP contribution < -0.4 is 21.1 Å². The predicted octanol–water partition coefficient (Wildman–Crippen LogP) is 9.89. The van der Waals surface area contributed by atoms with Gasteiger partial charge < -0.3 is 13.5 Å². The van der Waals surface area contributed by atoms with Gasteiger partial charge in [0.2, 0.25) is 0 Å². The van der Waals surface area contributed by atoms with Crippen LogP contribution in [-0.4, -0.2) is 15.5 Å². The smallest absolute Gasteiger partial charge is 0.252 e. The lowest BCUT2D eigenvalue weighted by atomic mass is 9.26. The Morgan fingerprint density at radius 3 is 1.29 bits per heavy atom. The summed E-state index contributed by atoms with van der Waals surface area (Å²) in [7, 11) is 0. The van der Waals surface area contributed by atoms with Crippen molar-refractivity contribution >= 4 is 99.3 Å². The van der Waals surface area contributed by atoms with Crippen LogP contribution in [0.1, 0.15) is 49.9 Å². The molecule has 3 aliphatic heterocycles. The van der Waals surface area contributed by atoms with E-state index in [-0.39, 0.29) is 17.5 Å². The fourth-order valence-corrected chi connectivity index (χ4v) is 11.7. The fourth-order valence-electron chi connectivity index (χ4n) is 11.7. The molecule has 7 aromatic carbocycles. The SMILES string of the molecule is CC1(C)c2cccc3c2B2c4c1cc1c5cccc6c7ccccc7n(c1c4Oc1c2c(cc2c4cccc7c8ccccc8n(c12)c74)C3(C)C)c65. The molecule has 0 amide bonds. The van der Waals surface area contributed by atoms with Crippen LogP contribution in [0.5, 0.6) is 11.5 Å². The Kier molecular flexibility index (Phi) is 4.15. The molecular weight excluding hydrogens is 631 g/mol. The third-order valence-electron chi connectivity index (χ3n) is 13.9. The summed E-state index contributed by atoms with van der Waals surface area (Å²) >= 11 is 0. The minimum absolute atomic E-state index is 0.0775. The van der Waals surface area contributed by atoms with Crippen LogP contribution in [0.3, 0.4) is 0 Å². The number of rotatable bonds is 0. The Bertz CT molecular complexity index is 3280. The zero-order valence-electron chi connectivity index (χ0n) is 29.3. The van der Waals surface area contributed by atoms with Gasteiger partial charge in [0.25, 0.3) is 6.71 Å². The first-order chi connectivity index (χ1) is 25.4. The number of benzene rings is 7. The highest BCUT2D eigenvalue weighted by atomic mass is 16.5. The predicted molar refractivity (Wildman–Crippen MR) is 218 cm³/mol. The number of nitrogens with zero attached hydrogens (tertiary/aromatic N) is 2. The molecule has 14 rings (SSSR count). The van der Waals surface area contributed by atoms with Gasteiger partial charge in [-0.05, 0) is 57.4 Å². The minimum atomic E-state index is -0.210. The second-order valence-electron chi connectivity index (χ2n) is 16.8.